The van der Waals surface area contributed by atoms with Crippen LogP contribution in [0, 0.1) is 13.8 Å². The van der Waals surface area contributed by atoms with Crippen LogP contribution < -0.4 is 0 Å². The number of thiophene rings is 2. The lowest BCUT2D eigenvalue weighted by molar-refractivity contribution is 0.104. The third kappa shape index (κ3) is 1.80. The van der Waals surface area contributed by atoms with Crippen LogP contribution in [0.4, 0.5) is 0 Å². The molecule has 3 aromatic rings. The van der Waals surface area contributed by atoms with E-state index in [0.29, 0.717) is 0 Å². The van der Waals surface area contributed by atoms with Crippen molar-refractivity contribution >= 4 is 38.5 Å². The Hall–Kier alpha value is -1.45. The monoisotopic (exact) mass is 272 g/mol. The number of hydrogen-bond donors (Lipinski definition) is 0. The van der Waals surface area contributed by atoms with E-state index in [2.05, 4.69) is 6.07 Å². The minimum Gasteiger partial charge on any atom is -0.289 e. The summed E-state index contributed by atoms with van der Waals surface area (Å²) in [5.41, 5.74) is 1.68. The zero-order valence-electron chi connectivity index (χ0n) is 10.2. The molecule has 0 bridgehead atoms. The molecule has 0 aliphatic rings. The van der Waals surface area contributed by atoms with Gasteiger partial charge in [-0.3, -0.25) is 4.79 Å². The first-order chi connectivity index (χ1) is 8.66. The highest BCUT2D eigenvalue weighted by Crippen LogP contribution is 2.30. The van der Waals surface area contributed by atoms with E-state index >= 15 is 0 Å². The van der Waals surface area contributed by atoms with Gasteiger partial charge in [-0.2, -0.15) is 0 Å². The second kappa shape index (κ2) is 4.34. The summed E-state index contributed by atoms with van der Waals surface area (Å²) in [5, 5.41) is 3.04. The maximum absolute atomic E-state index is 12.6. The number of ketones is 1. The van der Waals surface area contributed by atoms with Crippen molar-refractivity contribution in [3.8, 4) is 0 Å². The SMILES string of the molecule is Cc1cc(C(=O)c2csc3ccccc23)c(C)s1. The Kier molecular flexibility index (Phi) is 2.80. The predicted molar refractivity (Wildman–Crippen MR) is 79.1 cm³/mol. The molecule has 3 heteroatoms. The number of aryl methyl sites for hydroxylation is 2. The first kappa shape index (κ1) is 11.6. The van der Waals surface area contributed by atoms with Gasteiger partial charge in [0.2, 0.25) is 0 Å². The molecule has 0 atom stereocenters. The molecular weight excluding hydrogens is 260 g/mol. The van der Waals surface area contributed by atoms with Crippen molar-refractivity contribution in [2.75, 3.05) is 0 Å². The standard InChI is InChI=1S/C15H12OS2/c1-9-7-12(10(2)18-9)15(16)13-8-17-14-6-4-3-5-11(13)14/h3-8H,1-2H3. The topological polar surface area (TPSA) is 17.1 Å². The van der Waals surface area contributed by atoms with Gasteiger partial charge in [-0.25, -0.2) is 0 Å². The molecule has 3 rings (SSSR count). The zero-order valence-corrected chi connectivity index (χ0v) is 11.8. The van der Waals surface area contributed by atoms with Crippen molar-refractivity contribution in [2.24, 2.45) is 0 Å². The average molecular weight is 272 g/mol. The van der Waals surface area contributed by atoms with E-state index in [1.54, 1.807) is 22.7 Å². The van der Waals surface area contributed by atoms with Gasteiger partial charge in [0, 0.05) is 36.3 Å². The van der Waals surface area contributed by atoms with Crippen LogP contribution in [0.25, 0.3) is 10.1 Å². The van der Waals surface area contributed by atoms with E-state index in [1.165, 1.54) is 9.58 Å². The predicted octanol–water partition coefficient (Wildman–Crippen LogP) is 4.81. The van der Waals surface area contributed by atoms with E-state index in [1.807, 2.05) is 43.5 Å². The van der Waals surface area contributed by atoms with Crippen molar-refractivity contribution in [1.82, 2.24) is 0 Å². The number of carbonyl (C=O) groups is 1. The lowest BCUT2D eigenvalue weighted by Gasteiger charge is -1.98. The summed E-state index contributed by atoms with van der Waals surface area (Å²) in [7, 11) is 0. The van der Waals surface area contributed by atoms with Crippen LogP contribution in [-0.2, 0) is 0 Å². The molecule has 0 fully saturated rings. The van der Waals surface area contributed by atoms with Crippen molar-refractivity contribution < 1.29 is 4.79 Å². The molecule has 0 aliphatic heterocycles. The Morgan fingerprint density at radius 2 is 1.89 bits per heavy atom. The Morgan fingerprint density at radius 1 is 1.11 bits per heavy atom. The summed E-state index contributed by atoms with van der Waals surface area (Å²) in [5.74, 6) is 0.147. The first-order valence-corrected chi connectivity index (χ1v) is 7.44. The molecular formula is C15H12OS2. The Balaban J connectivity index is 2.15. The molecule has 0 amide bonds. The molecule has 0 aliphatic carbocycles. The van der Waals surface area contributed by atoms with Crippen LogP contribution in [-0.4, -0.2) is 5.78 Å². The minimum absolute atomic E-state index is 0.147. The van der Waals surface area contributed by atoms with E-state index in [9.17, 15) is 4.79 Å². The molecule has 90 valence electrons. The van der Waals surface area contributed by atoms with Crippen LogP contribution in [0.15, 0.2) is 35.7 Å². The normalized spacial score (nSPS) is 11.0. The highest BCUT2D eigenvalue weighted by Gasteiger charge is 2.17. The third-order valence-corrected chi connectivity index (χ3v) is 4.94. The molecule has 0 saturated carbocycles. The molecule has 0 unspecified atom stereocenters. The summed E-state index contributed by atoms with van der Waals surface area (Å²) in [6.07, 6.45) is 0. The maximum Gasteiger partial charge on any atom is 0.195 e. The van der Waals surface area contributed by atoms with Crippen LogP contribution in [0.2, 0.25) is 0 Å². The van der Waals surface area contributed by atoms with Gasteiger partial charge in [-0.05, 0) is 26.0 Å². The number of rotatable bonds is 2. The maximum atomic E-state index is 12.6. The van der Waals surface area contributed by atoms with Crippen molar-refractivity contribution in [3.05, 3.63) is 56.6 Å². The quantitative estimate of drug-likeness (QED) is 0.612. The molecule has 1 nitrogen and oxygen atoms in total. The lowest BCUT2D eigenvalue weighted by atomic mass is 10.0. The van der Waals surface area contributed by atoms with Crippen LogP contribution in [0.3, 0.4) is 0 Å². The fourth-order valence-electron chi connectivity index (χ4n) is 2.15. The zero-order chi connectivity index (χ0) is 12.7. The average Bonchev–Trinajstić information content (AvgIpc) is 2.92. The van der Waals surface area contributed by atoms with Gasteiger partial charge in [-0.1, -0.05) is 18.2 Å². The van der Waals surface area contributed by atoms with Gasteiger partial charge >= 0.3 is 0 Å². The Morgan fingerprint density at radius 3 is 2.61 bits per heavy atom. The minimum atomic E-state index is 0.147. The lowest BCUT2D eigenvalue weighted by Crippen LogP contribution is -1.99. The van der Waals surface area contributed by atoms with Crippen molar-refractivity contribution in [3.63, 3.8) is 0 Å². The molecule has 0 saturated heterocycles. The van der Waals surface area contributed by atoms with Gasteiger partial charge in [0.15, 0.2) is 5.78 Å². The number of carbonyl (C=O) groups excluding carboxylic acids is 1. The van der Waals surface area contributed by atoms with Gasteiger partial charge in [0.1, 0.15) is 0 Å². The van der Waals surface area contributed by atoms with Crippen molar-refractivity contribution in [1.29, 1.82) is 0 Å². The smallest absolute Gasteiger partial charge is 0.195 e. The Bertz CT molecular complexity index is 734. The molecule has 2 heterocycles. The van der Waals surface area contributed by atoms with E-state index in [-0.39, 0.29) is 5.78 Å². The number of hydrogen-bond acceptors (Lipinski definition) is 3. The second-order valence-corrected chi connectivity index (χ2v) is 6.67. The summed E-state index contributed by atoms with van der Waals surface area (Å²) in [4.78, 5) is 14.9. The third-order valence-electron chi connectivity index (χ3n) is 3.01. The molecule has 0 N–H and O–H groups in total. The van der Waals surface area contributed by atoms with E-state index < -0.39 is 0 Å². The highest BCUT2D eigenvalue weighted by atomic mass is 32.1. The largest absolute Gasteiger partial charge is 0.289 e. The highest BCUT2D eigenvalue weighted by molar-refractivity contribution is 7.17. The van der Waals surface area contributed by atoms with Crippen LogP contribution >= 0.6 is 22.7 Å². The summed E-state index contributed by atoms with van der Waals surface area (Å²) < 4.78 is 1.17. The number of benzene rings is 1. The van der Waals surface area contributed by atoms with Gasteiger partial charge in [0.25, 0.3) is 0 Å². The molecule has 0 radical (unpaired) electrons. The summed E-state index contributed by atoms with van der Waals surface area (Å²) >= 11 is 3.31. The van der Waals surface area contributed by atoms with Crippen molar-refractivity contribution in [2.45, 2.75) is 13.8 Å². The van der Waals surface area contributed by atoms with Crippen LogP contribution in [0.5, 0.6) is 0 Å². The van der Waals surface area contributed by atoms with Gasteiger partial charge < -0.3 is 0 Å². The Labute approximate surface area is 114 Å². The second-order valence-electron chi connectivity index (χ2n) is 4.30. The molecule has 18 heavy (non-hydrogen) atoms. The van der Waals surface area contributed by atoms with E-state index in [0.717, 1.165) is 21.4 Å². The number of fused-ring (bicyclic) bond motifs is 1. The fraction of sp³-hybridized carbons (Fsp3) is 0.133. The van der Waals surface area contributed by atoms with Gasteiger partial charge in [0.05, 0.1) is 0 Å². The molecule has 2 aromatic heterocycles. The summed E-state index contributed by atoms with van der Waals surface area (Å²) in [6.45, 7) is 4.06. The first-order valence-electron chi connectivity index (χ1n) is 5.75. The fourth-order valence-corrected chi connectivity index (χ4v) is 4.02. The van der Waals surface area contributed by atoms with Crippen LogP contribution in [0.1, 0.15) is 25.7 Å². The molecule has 0 spiro atoms. The van der Waals surface area contributed by atoms with E-state index in [4.69, 9.17) is 0 Å². The van der Waals surface area contributed by atoms with Gasteiger partial charge in [-0.15, -0.1) is 22.7 Å². The summed E-state index contributed by atoms with van der Waals surface area (Å²) in [6, 6.07) is 10.1. The molecule has 1 aromatic carbocycles.